The number of amides is 2. The summed E-state index contributed by atoms with van der Waals surface area (Å²) in [5.41, 5.74) is 0. The van der Waals surface area contributed by atoms with Crippen LogP contribution in [-0.2, 0) is 9.59 Å². The van der Waals surface area contributed by atoms with Gasteiger partial charge in [0.25, 0.3) is 5.91 Å². The highest BCUT2D eigenvalue weighted by atomic mass is 35.5. The number of nitrogens with one attached hydrogen (secondary N) is 1. The van der Waals surface area contributed by atoms with Crippen molar-refractivity contribution in [3.63, 3.8) is 0 Å². The molecule has 2 aliphatic rings. The molecule has 0 aromatic heterocycles. The van der Waals surface area contributed by atoms with Crippen molar-refractivity contribution in [3.05, 3.63) is 29.3 Å². The van der Waals surface area contributed by atoms with Gasteiger partial charge >= 0.3 is 0 Å². The largest absolute Gasteiger partial charge is 0.484 e. The van der Waals surface area contributed by atoms with Crippen molar-refractivity contribution < 1.29 is 14.3 Å². The Morgan fingerprint density at radius 2 is 1.59 bits per heavy atom. The van der Waals surface area contributed by atoms with Crippen molar-refractivity contribution in [3.8, 4) is 5.75 Å². The zero-order valence-electron chi connectivity index (χ0n) is 15.7. The molecule has 0 bridgehead atoms. The number of piperidine rings is 1. The van der Waals surface area contributed by atoms with Gasteiger partial charge in [0.05, 0.1) is 0 Å². The topological polar surface area (TPSA) is 61.9 Å². The minimum atomic E-state index is -0.0493. The van der Waals surface area contributed by atoms with Crippen molar-refractivity contribution in [2.24, 2.45) is 5.92 Å². The summed E-state index contributed by atoms with van der Waals surface area (Å²) in [6, 6.07) is 6.95. The van der Waals surface area contributed by atoms with Gasteiger partial charge in [-0.1, -0.05) is 11.6 Å². The zero-order valence-corrected chi connectivity index (χ0v) is 16.4. The first kappa shape index (κ1) is 20.0. The molecule has 2 saturated heterocycles. The summed E-state index contributed by atoms with van der Waals surface area (Å²) < 4.78 is 5.52. The van der Waals surface area contributed by atoms with Crippen LogP contribution in [-0.4, -0.2) is 67.5 Å². The molecule has 2 aliphatic heterocycles. The number of carbonyl (C=O) groups excluding carboxylic acids is 2. The summed E-state index contributed by atoms with van der Waals surface area (Å²) in [6.45, 7) is 4.50. The van der Waals surface area contributed by atoms with Crippen molar-refractivity contribution in [1.82, 2.24) is 15.1 Å². The van der Waals surface area contributed by atoms with Crippen molar-refractivity contribution in [2.45, 2.75) is 25.7 Å². The van der Waals surface area contributed by atoms with E-state index in [1.807, 2.05) is 4.90 Å². The first-order valence-corrected chi connectivity index (χ1v) is 10.1. The molecular weight excluding hydrogens is 366 g/mol. The summed E-state index contributed by atoms with van der Waals surface area (Å²) >= 11 is 5.84. The van der Waals surface area contributed by atoms with Gasteiger partial charge in [0, 0.05) is 37.6 Å². The zero-order chi connectivity index (χ0) is 19.1. The number of ether oxygens (including phenoxy) is 1. The number of carbonyl (C=O) groups is 2. The third-order valence-electron chi connectivity index (χ3n) is 5.39. The van der Waals surface area contributed by atoms with Crippen molar-refractivity contribution >= 4 is 23.4 Å². The predicted molar refractivity (Wildman–Crippen MR) is 105 cm³/mol. The monoisotopic (exact) mass is 393 g/mol. The molecule has 1 aromatic carbocycles. The second-order valence-corrected chi connectivity index (χ2v) is 7.67. The molecule has 1 N–H and O–H groups in total. The van der Waals surface area contributed by atoms with Gasteiger partial charge in [-0.05, 0) is 62.5 Å². The molecule has 148 valence electrons. The van der Waals surface area contributed by atoms with Crippen LogP contribution in [0.1, 0.15) is 25.7 Å². The second-order valence-electron chi connectivity index (χ2n) is 7.24. The molecule has 2 amide bonds. The number of benzene rings is 1. The molecule has 0 saturated carbocycles. The van der Waals surface area contributed by atoms with E-state index >= 15 is 0 Å². The van der Waals surface area contributed by atoms with Crippen LogP contribution in [0.5, 0.6) is 5.75 Å². The lowest BCUT2D eigenvalue weighted by Crippen LogP contribution is -2.51. The fourth-order valence-corrected chi connectivity index (χ4v) is 3.75. The summed E-state index contributed by atoms with van der Waals surface area (Å²) in [5.74, 6) is 1.47. The SMILES string of the molecule is O=C(CCC1CCNCC1)N1CCN(C(=O)COc2ccc(Cl)cc2)CC1. The summed E-state index contributed by atoms with van der Waals surface area (Å²) in [6.07, 6.45) is 3.94. The average Bonchev–Trinajstić information content (AvgIpc) is 2.72. The van der Waals surface area contributed by atoms with Crippen LogP contribution in [0.2, 0.25) is 5.02 Å². The van der Waals surface area contributed by atoms with Gasteiger partial charge in [-0.15, -0.1) is 0 Å². The normalized spacial score (nSPS) is 18.4. The van der Waals surface area contributed by atoms with E-state index in [-0.39, 0.29) is 18.4 Å². The Morgan fingerprint density at radius 3 is 2.22 bits per heavy atom. The molecule has 6 nitrogen and oxygen atoms in total. The van der Waals surface area contributed by atoms with Crippen LogP contribution < -0.4 is 10.1 Å². The Kier molecular flexibility index (Phi) is 7.35. The Bertz CT molecular complexity index is 624. The van der Waals surface area contributed by atoms with Gasteiger partial charge in [0.1, 0.15) is 5.75 Å². The van der Waals surface area contributed by atoms with E-state index in [9.17, 15) is 9.59 Å². The number of hydrogen-bond acceptors (Lipinski definition) is 4. The Hall–Kier alpha value is -1.79. The Morgan fingerprint density at radius 1 is 1.00 bits per heavy atom. The predicted octanol–water partition coefficient (Wildman–Crippen LogP) is 2.17. The molecule has 1 aromatic rings. The van der Waals surface area contributed by atoms with Gasteiger partial charge < -0.3 is 19.9 Å². The number of piperazine rings is 1. The molecule has 2 heterocycles. The highest BCUT2D eigenvalue weighted by molar-refractivity contribution is 6.30. The molecule has 0 unspecified atom stereocenters. The molecule has 2 fully saturated rings. The van der Waals surface area contributed by atoms with Crippen LogP contribution in [0.4, 0.5) is 0 Å². The van der Waals surface area contributed by atoms with Crippen LogP contribution in [0.15, 0.2) is 24.3 Å². The third kappa shape index (κ3) is 6.11. The smallest absolute Gasteiger partial charge is 0.260 e. The lowest BCUT2D eigenvalue weighted by Gasteiger charge is -2.35. The second kappa shape index (κ2) is 9.95. The van der Waals surface area contributed by atoms with Gasteiger partial charge in [0.2, 0.25) is 5.91 Å². The number of hydrogen-bond donors (Lipinski definition) is 1. The van der Waals surface area contributed by atoms with E-state index in [0.29, 0.717) is 49.3 Å². The van der Waals surface area contributed by atoms with Crippen LogP contribution in [0.25, 0.3) is 0 Å². The lowest BCUT2D eigenvalue weighted by molar-refractivity contribution is -0.140. The van der Waals surface area contributed by atoms with Gasteiger partial charge in [-0.25, -0.2) is 0 Å². The molecule has 7 heteroatoms. The van der Waals surface area contributed by atoms with E-state index < -0.39 is 0 Å². The minimum Gasteiger partial charge on any atom is -0.484 e. The van der Waals surface area contributed by atoms with E-state index in [1.54, 1.807) is 29.2 Å². The summed E-state index contributed by atoms with van der Waals surface area (Å²) in [4.78, 5) is 28.4. The van der Waals surface area contributed by atoms with E-state index in [1.165, 1.54) is 12.8 Å². The molecule has 3 rings (SSSR count). The molecule has 0 aliphatic carbocycles. The Balaban J connectivity index is 1.35. The molecule has 27 heavy (non-hydrogen) atoms. The summed E-state index contributed by atoms with van der Waals surface area (Å²) in [7, 11) is 0. The maximum atomic E-state index is 12.4. The van der Waals surface area contributed by atoms with Crippen molar-refractivity contribution in [2.75, 3.05) is 45.9 Å². The van der Waals surface area contributed by atoms with Crippen LogP contribution in [0.3, 0.4) is 0 Å². The number of nitrogens with zero attached hydrogens (tertiary/aromatic N) is 2. The van der Waals surface area contributed by atoms with E-state index in [0.717, 1.165) is 19.5 Å². The average molecular weight is 394 g/mol. The maximum absolute atomic E-state index is 12.4. The van der Waals surface area contributed by atoms with Crippen LogP contribution in [0, 0.1) is 5.92 Å². The molecular formula is C20H28ClN3O3. The fraction of sp³-hybridized carbons (Fsp3) is 0.600. The highest BCUT2D eigenvalue weighted by Crippen LogP contribution is 2.19. The van der Waals surface area contributed by atoms with Gasteiger partial charge in [0.15, 0.2) is 6.61 Å². The summed E-state index contributed by atoms with van der Waals surface area (Å²) in [5, 5.41) is 3.99. The van der Waals surface area contributed by atoms with Crippen molar-refractivity contribution in [1.29, 1.82) is 0 Å². The third-order valence-corrected chi connectivity index (χ3v) is 5.64. The first-order chi connectivity index (χ1) is 13.1. The quantitative estimate of drug-likeness (QED) is 0.804. The first-order valence-electron chi connectivity index (χ1n) is 9.76. The molecule has 0 atom stereocenters. The minimum absolute atomic E-state index is 0.00525. The highest BCUT2D eigenvalue weighted by Gasteiger charge is 2.25. The van der Waals surface area contributed by atoms with Gasteiger partial charge in [-0.2, -0.15) is 0 Å². The van der Waals surface area contributed by atoms with Crippen LogP contribution >= 0.6 is 11.6 Å². The maximum Gasteiger partial charge on any atom is 0.260 e. The Labute approximate surface area is 165 Å². The molecule has 0 spiro atoms. The standard InChI is InChI=1S/C20H28ClN3O3/c21-17-2-4-18(5-3-17)27-15-20(26)24-13-11-23(12-14-24)19(25)6-1-16-7-9-22-10-8-16/h2-5,16,22H,1,6-15H2. The van der Waals surface area contributed by atoms with Gasteiger partial charge in [-0.3, -0.25) is 9.59 Å². The number of rotatable bonds is 6. The molecule has 0 radical (unpaired) electrons. The number of halogens is 1. The van der Waals surface area contributed by atoms with E-state index in [2.05, 4.69) is 5.32 Å². The lowest BCUT2D eigenvalue weighted by atomic mass is 9.93. The van der Waals surface area contributed by atoms with E-state index in [4.69, 9.17) is 16.3 Å². The fourth-order valence-electron chi connectivity index (χ4n) is 3.63.